The Morgan fingerprint density at radius 2 is 1.96 bits per heavy atom. The normalized spacial score (nSPS) is 28.8. The molecule has 0 aliphatic carbocycles. The minimum atomic E-state index is -0.638. The van der Waals surface area contributed by atoms with Crippen molar-refractivity contribution in [2.75, 3.05) is 5.75 Å². The van der Waals surface area contributed by atoms with E-state index in [-0.39, 0.29) is 24.5 Å². The number of nitrogens with zero attached hydrogens (tertiary/aromatic N) is 1. The molecule has 0 bridgehead atoms. The first-order valence-electron chi connectivity index (χ1n) is 7.50. The molecule has 3 rings (SSSR count). The number of hydrogen-bond donors (Lipinski definition) is 2. The van der Waals surface area contributed by atoms with Gasteiger partial charge in [-0.3, -0.25) is 9.59 Å². The Morgan fingerprint density at radius 1 is 1.22 bits per heavy atom. The summed E-state index contributed by atoms with van der Waals surface area (Å²) < 4.78 is 0. The molecular formula is C14H17N3O5S. The molecule has 3 aliphatic rings. The number of unbranched alkanes of at least 4 members (excludes halogenated alkanes) is 1. The van der Waals surface area contributed by atoms with Gasteiger partial charge in [-0.05, 0) is 12.8 Å². The topological polar surface area (TPSA) is 105 Å². The lowest BCUT2D eigenvalue weighted by atomic mass is 10.0. The molecule has 3 atom stereocenters. The molecule has 0 unspecified atom stereocenters. The Hall–Kier alpha value is -2.03. The van der Waals surface area contributed by atoms with Crippen LogP contribution < -0.4 is 10.6 Å². The van der Waals surface area contributed by atoms with Crippen LogP contribution in [0.1, 0.15) is 25.7 Å². The van der Waals surface area contributed by atoms with E-state index in [1.807, 2.05) is 11.8 Å². The summed E-state index contributed by atoms with van der Waals surface area (Å²) in [6, 6.07) is 0.245. The number of rotatable bonds is 6. The van der Waals surface area contributed by atoms with Crippen LogP contribution in [0.4, 0.5) is 4.79 Å². The first-order chi connectivity index (χ1) is 11.0. The Balaban J connectivity index is 1.34. The van der Waals surface area contributed by atoms with Gasteiger partial charge in [0, 0.05) is 29.6 Å². The second kappa shape index (κ2) is 6.61. The summed E-state index contributed by atoms with van der Waals surface area (Å²) >= 11 is 1.82. The molecule has 2 fully saturated rings. The summed E-state index contributed by atoms with van der Waals surface area (Å²) in [5.74, 6) is -0.965. The van der Waals surface area contributed by atoms with E-state index in [0.29, 0.717) is 16.7 Å². The van der Waals surface area contributed by atoms with Gasteiger partial charge in [-0.25, -0.2) is 9.59 Å². The Labute approximate surface area is 136 Å². The van der Waals surface area contributed by atoms with E-state index in [2.05, 4.69) is 10.6 Å². The fourth-order valence-electron chi connectivity index (χ4n) is 2.88. The van der Waals surface area contributed by atoms with Gasteiger partial charge in [-0.1, -0.05) is 11.5 Å². The molecule has 0 saturated carbocycles. The third-order valence-electron chi connectivity index (χ3n) is 4.02. The largest absolute Gasteiger partial charge is 0.333 e. The Bertz CT molecular complexity index is 561. The third kappa shape index (κ3) is 3.49. The van der Waals surface area contributed by atoms with Gasteiger partial charge in [0.25, 0.3) is 11.8 Å². The van der Waals surface area contributed by atoms with Crippen LogP contribution in [0, 0.1) is 0 Å². The van der Waals surface area contributed by atoms with Crippen molar-refractivity contribution in [3.8, 4) is 0 Å². The summed E-state index contributed by atoms with van der Waals surface area (Å²) in [7, 11) is 0. The van der Waals surface area contributed by atoms with Crippen LogP contribution in [-0.2, 0) is 19.2 Å². The maximum absolute atomic E-state index is 11.6. The first-order valence-corrected chi connectivity index (χ1v) is 8.55. The Kier molecular flexibility index (Phi) is 4.56. The second-order valence-electron chi connectivity index (χ2n) is 5.64. The summed E-state index contributed by atoms with van der Waals surface area (Å²) in [6.45, 7) is 0. The SMILES string of the molecule is O=C1N[C@H]2[C@H](CS[C@H]2CCCCC(=O)ON2C(=O)C=CC2=O)N1. The summed E-state index contributed by atoms with van der Waals surface area (Å²) in [4.78, 5) is 50.2. The zero-order valence-electron chi connectivity index (χ0n) is 12.3. The number of urea groups is 1. The molecule has 3 heterocycles. The number of hydroxylamine groups is 2. The minimum Gasteiger partial charge on any atom is -0.332 e. The maximum atomic E-state index is 11.6. The van der Waals surface area contributed by atoms with Crippen LogP contribution in [-0.4, -0.2) is 52.0 Å². The highest BCUT2D eigenvalue weighted by Crippen LogP contribution is 2.33. The zero-order valence-corrected chi connectivity index (χ0v) is 13.1. The van der Waals surface area contributed by atoms with Crippen molar-refractivity contribution in [2.24, 2.45) is 0 Å². The molecule has 0 radical (unpaired) electrons. The molecule has 3 aliphatic heterocycles. The molecule has 124 valence electrons. The van der Waals surface area contributed by atoms with E-state index in [4.69, 9.17) is 4.84 Å². The standard InChI is InChI=1S/C14H17N3O5S/c18-10-5-6-11(19)17(10)22-12(20)4-2-1-3-9-13-8(7-23-9)15-14(21)16-13/h5-6,8-9,13H,1-4,7H2,(H2,15,16,21)/t8-,9-,13-/m0/s1. The van der Waals surface area contributed by atoms with Crippen molar-refractivity contribution in [3.63, 3.8) is 0 Å². The van der Waals surface area contributed by atoms with E-state index < -0.39 is 17.8 Å². The number of amides is 4. The van der Waals surface area contributed by atoms with Crippen molar-refractivity contribution < 1.29 is 24.0 Å². The fraction of sp³-hybridized carbons (Fsp3) is 0.571. The Morgan fingerprint density at radius 3 is 2.70 bits per heavy atom. The van der Waals surface area contributed by atoms with Crippen molar-refractivity contribution >= 4 is 35.6 Å². The lowest BCUT2D eigenvalue weighted by molar-refractivity contribution is -0.196. The van der Waals surface area contributed by atoms with Crippen LogP contribution in [0.2, 0.25) is 0 Å². The van der Waals surface area contributed by atoms with Gasteiger partial charge in [-0.15, -0.1) is 0 Å². The molecule has 0 aromatic carbocycles. The van der Waals surface area contributed by atoms with E-state index in [1.165, 1.54) is 0 Å². The second-order valence-corrected chi connectivity index (χ2v) is 6.91. The molecule has 2 saturated heterocycles. The highest BCUT2D eigenvalue weighted by Gasteiger charge is 2.42. The van der Waals surface area contributed by atoms with Crippen molar-refractivity contribution in [3.05, 3.63) is 12.2 Å². The predicted molar refractivity (Wildman–Crippen MR) is 81.0 cm³/mol. The van der Waals surface area contributed by atoms with Crippen molar-refractivity contribution in [1.82, 2.24) is 15.7 Å². The molecule has 23 heavy (non-hydrogen) atoms. The van der Waals surface area contributed by atoms with Crippen molar-refractivity contribution in [1.29, 1.82) is 0 Å². The lowest BCUT2D eigenvalue weighted by Crippen LogP contribution is -2.36. The summed E-state index contributed by atoms with van der Waals surface area (Å²) in [5.41, 5.74) is 0. The summed E-state index contributed by atoms with van der Waals surface area (Å²) in [5, 5.41) is 6.63. The van der Waals surface area contributed by atoms with Gasteiger partial charge in [0.15, 0.2) is 0 Å². The number of hydrogen-bond acceptors (Lipinski definition) is 6. The van der Waals surface area contributed by atoms with Crippen LogP contribution in [0.5, 0.6) is 0 Å². The van der Waals surface area contributed by atoms with Gasteiger partial charge in [-0.2, -0.15) is 11.8 Å². The number of fused-ring (bicyclic) bond motifs is 1. The fourth-order valence-corrected chi connectivity index (χ4v) is 4.43. The molecular weight excluding hydrogens is 322 g/mol. The van der Waals surface area contributed by atoms with E-state index >= 15 is 0 Å². The van der Waals surface area contributed by atoms with Crippen LogP contribution in [0.3, 0.4) is 0 Å². The first kappa shape index (κ1) is 15.9. The molecule has 9 heteroatoms. The molecule has 8 nitrogen and oxygen atoms in total. The molecule has 0 spiro atoms. The molecule has 0 aromatic rings. The number of thioether (sulfide) groups is 1. The average Bonchev–Trinajstić information content (AvgIpc) is 3.14. The highest BCUT2D eigenvalue weighted by molar-refractivity contribution is 8.00. The quantitative estimate of drug-likeness (QED) is 0.404. The number of carbonyl (C=O) groups excluding carboxylic acids is 4. The third-order valence-corrected chi connectivity index (χ3v) is 5.53. The number of nitrogens with one attached hydrogen (secondary N) is 2. The van der Waals surface area contributed by atoms with E-state index in [1.54, 1.807) is 0 Å². The van der Waals surface area contributed by atoms with Gasteiger partial charge < -0.3 is 15.5 Å². The van der Waals surface area contributed by atoms with Gasteiger partial charge in [0.05, 0.1) is 12.1 Å². The molecule has 2 N–H and O–H groups in total. The van der Waals surface area contributed by atoms with Crippen molar-refractivity contribution in [2.45, 2.75) is 43.0 Å². The predicted octanol–water partition coefficient (Wildman–Crippen LogP) is 0.0954. The van der Waals surface area contributed by atoms with Gasteiger partial charge >= 0.3 is 12.0 Å². The smallest absolute Gasteiger partial charge is 0.332 e. The van der Waals surface area contributed by atoms with Crippen LogP contribution in [0.25, 0.3) is 0 Å². The van der Waals surface area contributed by atoms with Crippen LogP contribution in [0.15, 0.2) is 12.2 Å². The van der Waals surface area contributed by atoms with Gasteiger partial charge in [0.2, 0.25) is 0 Å². The zero-order chi connectivity index (χ0) is 16.4. The van der Waals surface area contributed by atoms with Crippen LogP contribution >= 0.6 is 11.8 Å². The van der Waals surface area contributed by atoms with Gasteiger partial charge in [0.1, 0.15) is 0 Å². The average molecular weight is 339 g/mol. The maximum Gasteiger partial charge on any atom is 0.333 e. The molecule has 4 amide bonds. The number of carbonyl (C=O) groups is 4. The van der Waals surface area contributed by atoms with E-state index in [0.717, 1.165) is 30.7 Å². The van der Waals surface area contributed by atoms with E-state index in [9.17, 15) is 19.2 Å². The lowest BCUT2D eigenvalue weighted by Gasteiger charge is -2.16. The summed E-state index contributed by atoms with van der Waals surface area (Å²) in [6.07, 6.45) is 4.59. The highest BCUT2D eigenvalue weighted by atomic mass is 32.2. The number of imide groups is 1. The molecule has 0 aromatic heterocycles. The monoisotopic (exact) mass is 339 g/mol. The minimum absolute atomic E-state index is 0.109.